The molecule has 0 radical (unpaired) electrons. The van der Waals surface area contributed by atoms with Gasteiger partial charge in [0.2, 0.25) is 0 Å². The molecule has 0 spiro atoms. The standard InChI is InChI=1S/C17H21F2N5O2.ClH/c1-11-2-3-12(8-15(11)26-10-16(18)19)21-17(25)14-9-24(23-22-14)13-4-6-20-7-5-13;/h2-3,8-9,13,16,20H,4-7,10H2,1H3,(H,21,25);1H. The minimum absolute atomic E-state index is 0. The number of ether oxygens (including phenoxy) is 1. The molecule has 27 heavy (non-hydrogen) atoms. The third kappa shape index (κ3) is 5.61. The number of nitrogens with one attached hydrogen (secondary N) is 2. The number of carbonyl (C=O) groups excluding carboxylic acids is 1. The summed E-state index contributed by atoms with van der Waals surface area (Å²) in [4.78, 5) is 12.4. The second-order valence-electron chi connectivity index (χ2n) is 6.20. The summed E-state index contributed by atoms with van der Waals surface area (Å²) in [6.07, 6.45) is 0.950. The van der Waals surface area contributed by atoms with Crippen LogP contribution in [0.2, 0.25) is 0 Å². The van der Waals surface area contributed by atoms with E-state index in [1.807, 2.05) is 0 Å². The fourth-order valence-electron chi connectivity index (χ4n) is 2.81. The van der Waals surface area contributed by atoms with Crippen molar-refractivity contribution in [3.8, 4) is 5.75 Å². The number of hydrogen-bond donors (Lipinski definition) is 2. The fraction of sp³-hybridized carbons (Fsp3) is 0.471. The summed E-state index contributed by atoms with van der Waals surface area (Å²) < 4.78 is 31.4. The van der Waals surface area contributed by atoms with Gasteiger partial charge in [0.1, 0.15) is 12.4 Å². The Morgan fingerprint density at radius 3 is 2.85 bits per heavy atom. The number of nitrogens with zero attached hydrogens (tertiary/aromatic N) is 3. The number of hydrogen-bond acceptors (Lipinski definition) is 5. The van der Waals surface area contributed by atoms with E-state index in [0.29, 0.717) is 17.0 Å². The van der Waals surface area contributed by atoms with Gasteiger partial charge in [0.15, 0.2) is 5.69 Å². The summed E-state index contributed by atoms with van der Waals surface area (Å²) in [5, 5.41) is 14.0. The van der Waals surface area contributed by atoms with Gasteiger partial charge in [0, 0.05) is 11.8 Å². The van der Waals surface area contributed by atoms with Crippen molar-refractivity contribution in [2.24, 2.45) is 0 Å². The number of piperidine rings is 1. The molecule has 3 rings (SSSR count). The highest BCUT2D eigenvalue weighted by Crippen LogP contribution is 2.24. The lowest BCUT2D eigenvalue weighted by atomic mass is 10.1. The number of benzene rings is 1. The normalized spacial score (nSPS) is 14.7. The van der Waals surface area contributed by atoms with E-state index in [-0.39, 0.29) is 24.1 Å². The van der Waals surface area contributed by atoms with Crippen molar-refractivity contribution < 1.29 is 18.3 Å². The molecule has 148 valence electrons. The summed E-state index contributed by atoms with van der Waals surface area (Å²) in [6.45, 7) is 2.88. The van der Waals surface area contributed by atoms with Crippen molar-refractivity contribution in [2.45, 2.75) is 32.2 Å². The molecule has 0 bridgehead atoms. The molecule has 0 aliphatic carbocycles. The van der Waals surface area contributed by atoms with Gasteiger partial charge in [-0.2, -0.15) is 0 Å². The molecular formula is C17H22ClF2N5O2. The average molecular weight is 402 g/mol. The molecule has 2 N–H and O–H groups in total. The van der Waals surface area contributed by atoms with Crippen molar-refractivity contribution >= 4 is 24.0 Å². The highest BCUT2D eigenvalue weighted by atomic mass is 35.5. The van der Waals surface area contributed by atoms with Crippen LogP contribution in [0.1, 0.15) is 34.9 Å². The lowest BCUT2D eigenvalue weighted by Crippen LogP contribution is -2.29. The van der Waals surface area contributed by atoms with Gasteiger partial charge in [0.05, 0.1) is 12.2 Å². The Kier molecular flexibility index (Phi) is 7.49. The van der Waals surface area contributed by atoms with E-state index < -0.39 is 18.9 Å². The van der Waals surface area contributed by atoms with E-state index in [4.69, 9.17) is 4.74 Å². The van der Waals surface area contributed by atoms with Crippen LogP contribution in [0.15, 0.2) is 24.4 Å². The van der Waals surface area contributed by atoms with Crippen molar-refractivity contribution in [3.63, 3.8) is 0 Å². The number of carbonyl (C=O) groups is 1. The zero-order valence-electron chi connectivity index (χ0n) is 14.8. The van der Waals surface area contributed by atoms with Gasteiger partial charge in [-0.3, -0.25) is 4.79 Å². The van der Waals surface area contributed by atoms with Gasteiger partial charge in [-0.05, 0) is 44.5 Å². The van der Waals surface area contributed by atoms with Crippen LogP contribution < -0.4 is 15.4 Å². The number of aromatic nitrogens is 3. The molecule has 1 aromatic heterocycles. The van der Waals surface area contributed by atoms with Crippen LogP contribution in [-0.4, -0.2) is 47.0 Å². The van der Waals surface area contributed by atoms with Crippen LogP contribution in [0.5, 0.6) is 5.75 Å². The molecule has 2 heterocycles. The molecule has 10 heteroatoms. The van der Waals surface area contributed by atoms with Crippen LogP contribution in [0.3, 0.4) is 0 Å². The molecular weight excluding hydrogens is 380 g/mol. The second kappa shape index (κ2) is 9.61. The highest BCUT2D eigenvalue weighted by Gasteiger charge is 2.19. The van der Waals surface area contributed by atoms with Gasteiger partial charge in [0.25, 0.3) is 12.3 Å². The van der Waals surface area contributed by atoms with Crippen LogP contribution >= 0.6 is 12.4 Å². The third-order valence-electron chi connectivity index (χ3n) is 4.24. The Hall–Kier alpha value is -2.26. The third-order valence-corrected chi connectivity index (χ3v) is 4.24. The topological polar surface area (TPSA) is 81.1 Å². The molecule has 1 saturated heterocycles. The number of anilines is 1. The quantitative estimate of drug-likeness (QED) is 0.778. The molecule has 1 amide bonds. The highest BCUT2D eigenvalue weighted by molar-refractivity contribution is 6.02. The van der Waals surface area contributed by atoms with Crippen LogP contribution in [0.4, 0.5) is 14.5 Å². The Labute approximate surface area is 161 Å². The van der Waals surface area contributed by atoms with E-state index in [9.17, 15) is 13.6 Å². The number of alkyl halides is 2. The van der Waals surface area contributed by atoms with Gasteiger partial charge in [-0.25, -0.2) is 13.5 Å². The first-order valence-electron chi connectivity index (χ1n) is 8.48. The van der Waals surface area contributed by atoms with E-state index in [2.05, 4.69) is 20.9 Å². The molecule has 7 nitrogen and oxygen atoms in total. The summed E-state index contributed by atoms with van der Waals surface area (Å²) >= 11 is 0. The molecule has 2 aromatic rings. The van der Waals surface area contributed by atoms with Gasteiger partial charge in [-0.15, -0.1) is 17.5 Å². The van der Waals surface area contributed by atoms with E-state index in [1.165, 1.54) is 6.07 Å². The predicted molar refractivity (Wildman–Crippen MR) is 99.0 cm³/mol. The maximum Gasteiger partial charge on any atom is 0.277 e. The number of aryl methyl sites for hydroxylation is 1. The summed E-state index contributed by atoms with van der Waals surface area (Å²) in [5.74, 6) is -0.102. The maximum atomic E-state index is 12.4. The van der Waals surface area contributed by atoms with Gasteiger partial charge in [-0.1, -0.05) is 11.3 Å². The zero-order valence-corrected chi connectivity index (χ0v) is 15.6. The summed E-state index contributed by atoms with van der Waals surface area (Å²) in [5.41, 5.74) is 1.36. The van der Waals surface area contributed by atoms with Crippen molar-refractivity contribution in [1.82, 2.24) is 20.3 Å². The predicted octanol–water partition coefficient (Wildman–Crippen LogP) is 2.83. The number of amides is 1. The first kappa shape index (κ1) is 21.0. The lowest BCUT2D eigenvalue weighted by Gasteiger charge is -2.22. The van der Waals surface area contributed by atoms with Gasteiger partial charge >= 0.3 is 0 Å². The monoisotopic (exact) mass is 401 g/mol. The van der Waals surface area contributed by atoms with E-state index >= 15 is 0 Å². The maximum absolute atomic E-state index is 12.4. The molecule has 1 aliphatic rings. The van der Waals surface area contributed by atoms with Crippen molar-refractivity contribution in [1.29, 1.82) is 0 Å². The average Bonchev–Trinajstić information content (AvgIpc) is 3.13. The largest absolute Gasteiger partial charge is 0.487 e. The molecule has 1 aromatic carbocycles. The fourth-order valence-corrected chi connectivity index (χ4v) is 2.81. The Balaban J connectivity index is 0.00000261. The molecule has 1 fully saturated rings. The lowest BCUT2D eigenvalue weighted by molar-refractivity contribution is 0.0815. The summed E-state index contributed by atoms with van der Waals surface area (Å²) in [6, 6.07) is 5.13. The molecule has 1 aliphatic heterocycles. The second-order valence-corrected chi connectivity index (χ2v) is 6.20. The van der Waals surface area contributed by atoms with Crippen LogP contribution in [0, 0.1) is 6.92 Å². The van der Waals surface area contributed by atoms with E-state index in [0.717, 1.165) is 25.9 Å². The minimum atomic E-state index is -2.56. The Bertz CT molecular complexity index is 766. The Morgan fingerprint density at radius 1 is 1.41 bits per heavy atom. The molecule has 0 saturated carbocycles. The first-order chi connectivity index (χ1) is 12.5. The number of rotatable bonds is 6. The van der Waals surface area contributed by atoms with E-state index in [1.54, 1.807) is 29.9 Å². The Morgan fingerprint density at radius 2 is 2.15 bits per heavy atom. The van der Waals surface area contributed by atoms with Crippen molar-refractivity contribution in [3.05, 3.63) is 35.7 Å². The molecule has 0 unspecified atom stereocenters. The van der Waals surface area contributed by atoms with Crippen molar-refractivity contribution in [2.75, 3.05) is 25.0 Å². The smallest absolute Gasteiger partial charge is 0.277 e. The zero-order chi connectivity index (χ0) is 18.5. The number of halogens is 3. The SMILES string of the molecule is Cc1ccc(NC(=O)c2cn(C3CCNCC3)nn2)cc1OCC(F)F.Cl. The minimum Gasteiger partial charge on any atom is -0.487 e. The molecule has 0 atom stereocenters. The van der Waals surface area contributed by atoms with Crippen LogP contribution in [0.25, 0.3) is 0 Å². The van der Waals surface area contributed by atoms with Gasteiger partial charge < -0.3 is 15.4 Å². The van der Waals surface area contributed by atoms with Crippen LogP contribution in [-0.2, 0) is 0 Å². The summed E-state index contributed by atoms with van der Waals surface area (Å²) in [7, 11) is 0. The first-order valence-corrected chi connectivity index (χ1v) is 8.48.